The number of fused-ring (bicyclic) bond motifs is 1. The molecule has 0 bridgehead atoms. The van der Waals surface area contributed by atoms with E-state index in [9.17, 15) is 18.0 Å². The minimum absolute atomic E-state index is 0. The highest BCUT2D eigenvalue weighted by Gasteiger charge is 2.31. The van der Waals surface area contributed by atoms with Gasteiger partial charge >= 0.3 is 6.18 Å². The first kappa shape index (κ1) is 24.3. The number of carbonyl (C=O) groups is 1. The highest BCUT2D eigenvalue weighted by Crippen LogP contribution is 2.35. The third kappa shape index (κ3) is 4.72. The summed E-state index contributed by atoms with van der Waals surface area (Å²) in [6, 6.07) is 3.62. The van der Waals surface area contributed by atoms with Crippen LogP contribution in [0.5, 0.6) is 5.88 Å². The summed E-state index contributed by atoms with van der Waals surface area (Å²) in [6.45, 7) is 4.69. The number of halogens is 4. The van der Waals surface area contributed by atoms with Crippen molar-refractivity contribution in [1.82, 2.24) is 19.7 Å². The van der Waals surface area contributed by atoms with E-state index >= 15 is 0 Å². The van der Waals surface area contributed by atoms with E-state index in [1.807, 2.05) is 26.0 Å². The summed E-state index contributed by atoms with van der Waals surface area (Å²) in [7, 11) is 0. The highest BCUT2D eigenvalue weighted by atomic mass is 35.5. The molecule has 2 N–H and O–H groups in total. The molecule has 0 saturated carbocycles. The molecule has 0 aliphatic carbocycles. The van der Waals surface area contributed by atoms with Crippen LogP contribution in [0.15, 0.2) is 24.7 Å². The lowest BCUT2D eigenvalue weighted by atomic mass is 9.95. The standard InChI is InChI=1S/C21H21F3N6O2.ClH/c1-11-6-14(30-4-5-32-19-17(20(30)31)18(25)26-10-27-19)7-12(2)16(11)15-8-29(28-13(15)3)9-21(22,23)24;/h6-8,10H,4-5,9H2,1-3H3,(H2,25,26,27);1H. The van der Waals surface area contributed by atoms with Crippen molar-refractivity contribution in [2.45, 2.75) is 33.5 Å². The van der Waals surface area contributed by atoms with E-state index in [4.69, 9.17) is 10.5 Å². The quantitative estimate of drug-likeness (QED) is 0.608. The molecule has 0 atom stereocenters. The molecule has 0 saturated heterocycles. The Bertz CT molecular complexity index is 1190. The summed E-state index contributed by atoms with van der Waals surface area (Å²) in [5.41, 5.74) is 10.1. The minimum atomic E-state index is -4.36. The Morgan fingerprint density at radius 3 is 2.42 bits per heavy atom. The second-order valence-corrected chi connectivity index (χ2v) is 7.64. The number of aromatic nitrogens is 4. The number of nitrogens with two attached hydrogens (primary N) is 1. The zero-order valence-electron chi connectivity index (χ0n) is 18.1. The molecule has 4 rings (SSSR count). The third-order valence-corrected chi connectivity index (χ3v) is 5.24. The van der Waals surface area contributed by atoms with Crippen molar-refractivity contribution in [2.24, 2.45) is 0 Å². The molecule has 1 amide bonds. The van der Waals surface area contributed by atoms with Crippen molar-refractivity contribution in [3.8, 4) is 17.0 Å². The molecule has 8 nitrogen and oxygen atoms in total. The van der Waals surface area contributed by atoms with Gasteiger partial charge in [-0.3, -0.25) is 9.48 Å². The van der Waals surface area contributed by atoms with Gasteiger partial charge in [0, 0.05) is 17.4 Å². The maximum Gasteiger partial charge on any atom is 0.408 e. The maximum atomic E-state index is 13.2. The number of benzene rings is 1. The first-order chi connectivity index (χ1) is 15.0. The number of amides is 1. The Balaban J connectivity index is 0.00000306. The average molecular weight is 483 g/mol. The number of nitrogen functional groups attached to an aromatic ring is 1. The van der Waals surface area contributed by atoms with Gasteiger partial charge in [0.25, 0.3) is 5.91 Å². The van der Waals surface area contributed by atoms with E-state index in [2.05, 4.69) is 15.1 Å². The van der Waals surface area contributed by atoms with Crippen LogP contribution in [0.4, 0.5) is 24.7 Å². The molecule has 12 heteroatoms. The Morgan fingerprint density at radius 2 is 1.79 bits per heavy atom. The lowest BCUT2D eigenvalue weighted by molar-refractivity contribution is -0.142. The summed E-state index contributed by atoms with van der Waals surface area (Å²) >= 11 is 0. The zero-order valence-corrected chi connectivity index (χ0v) is 18.9. The molecule has 33 heavy (non-hydrogen) atoms. The zero-order chi connectivity index (χ0) is 23.2. The number of nitrogens with zero attached hydrogens (tertiary/aromatic N) is 5. The largest absolute Gasteiger partial charge is 0.475 e. The van der Waals surface area contributed by atoms with Gasteiger partial charge in [0.1, 0.15) is 30.9 Å². The topological polar surface area (TPSA) is 99.2 Å². The molecule has 0 radical (unpaired) electrons. The average Bonchev–Trinajstić information content (AvgIpc) is 2.91. The van der Waals surface area contributed by atoms with Crippen molar-refractivity contribution in [3.05, 3.63) is 47.0 Å². The Hall–Kier alpha value is -3.34. The number of anilines is 2. The normalized spacial score (nSPS) is 13.8. The summed E-state index contributed by atoms with van der Waals surface area (Å²) in [5.74, 6) is -0.205. The molecular weight excluding hydrogens is 461 g/mol. The van der Waals surface area contributed by atoms with Crippen LogP contribution in [-0.4, -0.2) is 45.0 Å². The first-order valence-electron chi connectivity index (χ1n) is 9.82. The van der Waals surface area contributed by atoms with Crippen molar-refractivity contribution >= 4 is 29.8 Å². The molecule has 2 aromatic heterocycles. The lowest BCUT2D eigenvalue weighted by Crippen LogP contribution is -2.33. The summed E-state index contributed by atoms with van der Waals surface area (Å²) in [4.78, 5) is 22.6. The fraction of sp³-hybridized carbons (Fsp3) is 0.333. The number of hydrogen-bond acceptors (Lipinski definition) is 6. The maximum absolute atomic E-state index is 13.2. The van der Waals surface area contributed by atoms with Crippen molar-refractivity contribution in [2.75, 3.05) is 23.8 Å². The van der Waals surface area contributed by atoms with Gasteiger partial charge in [-0.05, 0) is 49.6 Å². The number of ether oxygens (including phenoxy) is 1. The summed E-state index contributed by atoms with van der Waals surface area (Å²) in [5, 5.41) is 4.01. The Labute approximate surface area is 194 Å². The Morgan fingerprint density at radius 1 is 1.12 bits per heavy atom. The molecule has 0 spiro atoms. The SMILES string of the molecule is Cc1cc(N2CCOc3ncnc(N)c3C2=O)cc(C)c1-c1cn(CC(F)(F)F)nc1C.Cl. The van der Waals surface area contributed by atoms with Crippen LogP contribution < -0.4 is 15.4 Å². The van der Waals surface area contributed by atoms with Crippen molar-refractivity contribution < 1.29 is 22.7 Å². The van der Waals surface area contributed by atoms with Crippen LogP contribution in [0.25, 0.3) is 11.1 Å². The minimum Gasteiger partial charge on any atom is -0.475 e. The summed E-state index contributed by atoms with van der Waals surface area (Å²) in [6.07, 6.45) is -1.72. The number of aryl methyl sites for hydroxylation is 3. The second kappa shape index (κ2) is 8.89. The van der Waals surface area contributed by atoms with E-state index in [-0.39, 0.29) is 48.7 Å². The molecule has 1 aliphatic rings. The smallest absolute Gasteiger partial charge is 0.408 e. The Kier molecular flexibility index (Phi) is 6.55. The fourth-order valence-corrected chi connectivity index (χ4v) is 3.96. The van der Waals surface area contributed by atoms with E-state index in [1.54, 1.807) is 6.92 Å². The van der Waals surface area contributed by atoms with Crippen LogP contribution in [0.1, 0.15) is 27.2 Å². The second-order valence-electron chi connectivity index (χ2n) is 7.64. The third-order valence-electron chi connectivity index (χ3n) is 5.24. The molecule has 0 fully saturated rings. The highest BCUT2D eigenvalue weighted by molar-refractivity contribution is 6.10. The predicted octanol–water partition coefficient (Wildman–Crippen LogP) is 3.87. The van der Waals surface area contributed by atoms with Gasteiger partial charge in [-0.1, -0.05) is 0 Å². The van der Waals surface area contributed by atoms with E-state index in [0.29, 0.717) is 16.9 Å². The van der Waals surface area contributed by atoms with E-state index in [0.717, 1.165) is 21.4 Å². The number of rotatable bonds is 3. The molecule has 176 valence electrons. The molecule has 1 aliphatic heterocycles. The van der Waals surface area contributed by atoms with Gasteiger partial charge in [-0.15, -0.1) is 12.4 Å². The van der Waals surface area contributed by atoms with Gasteiger partial charge in [0.2, 0.25) is 5.88 Å². The number of alkyl halides is 3. The van der Waals surface area contributed by atoms with Crippen molar-refractivity contribution in [3.63, 3.8) is 0 Å². The van der Waals surface area contributed by atoms with Crippen LogP contribution in [0.2, 0.25) is 0 Å². The van der Waals surface area contributed by atoms with E-state index < -0.39 is 12.7 Å². The van der Waals surface area contributed by atoms with Crippen LogP contribution >= 0.6 is 12.4 Å². The predicted molar refractivity (Wildman–Crippen MR) is 119 cm³/mol. The molecule has 3 heterocycles. The molecule has 0 unspecified atom stereocenters. The van der Waals surface area contributed by atoms with Gasteiger partial charge in [0.15, 0.2) is 0 Å². The molecule has 3 aromatic rings. The number of hydrogen-bond donors (Lipinski definition) is 1. The first-order valence-corrected chi connectivity index (χ1v) is 9.82. The monoisotopic (exact) mass is 482 g/mol. The number of carbonyl (C=O) groups excluding carboxylic acids is 1. The summed E-state index contributed by atoms with van der Waals surface area (Å²) < 4.78 is 44.8. The lowest BCUT2D eigenvalue weighted by Gasteiger charge is -2.23. The van der Waals surface area contributed by atoms with Crippen molar-refractivity contribution in [1.29, 1.82) is 0 Å². The fourth-order valence-electron chi connectivity index (χ4n) is 3.96. The van der Waals surface area contributed by atoms with E-state index in [1.165, 1.54) is 17.4 Å². The van der Waals surface area contributed by atoms with Gasteiger partial charge < -0.3 is 15.4 Å². The van der Waals surface area contributed by atoms with Crippen LogP contribution in [-0.2, 0) is 6.54 Å². The molecular formula is C21H22ClF3N6O2. The van der Waals surface area contributed by atoms with Gasteiger partial charge in [0.05, 0.1) is 12.2 Å². The van der Waals surface area contributed by atoms with Gasteiger partial charge in [-0.2, -0.15) is 18.3 Å². The van der Waals surface area contributed by atoms with Gasteiger partial charge in [-0.25, -0.2) is 9.97 Å². The molecule has 1 aromatic carbocycles. The van der Waals surface area contributed by atoms with Crippen LogP contribution in [0, 0.1) is 20.8 Å². The van der Waals surface area contributed by atoms with Crippen LogP contribution in [0.3, 0.4) is 0 Å².